The number of amidine groups is 1. The van der Waals surface area contributed by atoms with E-state index in [4.69, 9.17) is 21.1 Å². The fraction of sp³-hybridized carbons (Fsp3) is 0.111. The van der Waals surface area contributed by atoms with Crippen LogP contribution in [0.3, 0.4) is 0 Å². The van der Waals surface area contributed by atoms with Gasteiger partial charge in [-0.2, -0.15) is 0 Å². The summed E-state index contributed by atoms with van der Waals surface area (Å²) in [6.45, 7) is -0.0763. The first-order valence-corrected chi connectivity index (χ1v) is 4.28. The number of aromatic carboxylic acids is 1. The average molecular weight is 222 g/mol. The molecule has 1 aromatic carbocycles. The van der Waals surface area contributed by atoms with Gasteiger partial charge in [0.1, 0.15) is 12.4 Å². The molecule has 4 N–H and O–H groups in total. The molecule has 1 aromatic rings. The molecule has 0 aliphatic heterocycles. The molecular formula is C9H10N4O3. The van der Waals surface area contributed by atoms with Crippen LogP contribution >= 0.6 is 0 Å². The van der Waals surface area contributed by atoms with Gasteiger partial charge in [0.25, 0.3) is 0 Å². The molecule has 0 aliphatic carbocycles. The maximum absolute atomic E-state index is 10.5. The molecule has 0 amide bonds. The minimum absolute atomic E-state index is 0.0763. The van der Waals surface area contributed by atoms with Gasteiger partial charge in [-0.25, -0.2) is 4.79 Å². The van der Waals surface area contributed by atoms with Crippen molar-refractivity contribution in [2.45, 2.75) is 0 Å². The molecule has 0 radical (unpaired) electrons. The Morgan fingerprint density at radius 2 is 2.06 bits per heavy atom. The van der Waals surface area contributed by atoms with Crippen molar-refractivity contribution in [3.63, 3.8) is 0 Å². The number of nitrogens with two attached hydrogens (primary N) is 1. The van der Waals surface area contributed by atoms with Gasteiger partial charge in [0.2, 0.25) is 0 Å². The molecule has 1 rings (SSSR count). The third kappa shape index (κ3) is 3.37. The normalized spacial score (nSPS) is 10.2. The Morgan fingerprint density at radius 1 is 1.44 bits per heavy atom. The number of nitrogens with one attached hydrogen (secondary N) is 1. The van der Waals surface area contributed by atoms with E-state index in [0.717, 1.165) is 0 Å². The van der Waals surface area contributed by atoms with E-state index in [2.05, 4.69) is 10.3 Å². The lowest BCUT2D eigenvalue weighted by molar-refractivity contribution is 0.0697. The van der Waals surface area contributed by atoms with Gasteiger partial charge in [-0.1, -0.05) is 5.22 Å². The van der Waals surface area contributed by atoms with E-state index in [-0.39, 0.29) is 18.0 Å². The Bertz CT molecular complexity index is 413. The third-order valence-electron chi connectivity index (χ3n) is 1.66. The smallest absolute Gasteiger partial charge is 0.335 e. The second kappa shape index (κ2) is 5.44. The highest BCUT2D eigenvalue weighted by Crippen LogP contribution is 2.12. The molecule has 7 nitrogen and oxygen atoms in total. The second-order valence-electron chi connectivity index (χ2n) is 2.78. The Balaban J connectivity index is 2.56. The van der Waals surface area contributed by atoms with Crippen LogP contribution in [-0.4, -0.2) is 23.5 Å². The number of carboxylic acid groups (broad SMARTS) is 1. The molecular weight excluding hydrogens is 212 g/mol. The highest BCUT2D eigenvalue weighted by molar-refractivity contribution is 5.87. The molecule has 0 aliphatic rings. The predicted octanol–water partition coefficient (Wildman–Crippen LogP) is 1.07. The summed E-state index contributed by atoms with van der Waals surface area (Å²) in [7, 11) is 0. The maximum Gasteiger partial charge on any atom is 0.335 e. The van der Waals surface area contributed by atoms with E-state index in [1.54, 1.807) is 0 Å². The minimum Gasteiger partial charge on any atom is -0.486 e. The van der Waals surface area contributed by atoms with Crippen LogP contribution in [0.5, 0.6) is 5.75 Å². The van der Waals surface area contributed by atoms with Crippen LogP contribution in [0, 0.1) is 5.41 Å². The first-order valence-electron chi connectivity index (χ1n) is 4.28. The van der Waals surface area contributed by atoms with Gasteiger partial charge in [-0.15, -0.1) is 5.11 Å². The van der Waals surface area contributed by atoms with Crippen molar-refractivity contribution in [1.29, 1.82) is 5.41 Å². The highest BCUT2D eigenvalue weighted by atomic mass is 16.5. The molecule has 84 valence electrons. The third-order valence-corrected chi connectivity index (χ3v) is 1.66. The fourth-order valence-electron chi connectivity index (χ4n) is 0.944. The van der Waals surface area contributed by atoms with Gasteiger partial charge in [0.15, 0.2) is 5.84 Å². The van der Waals surface area contributed by atoms with Crippen LogP contribution in [0.1, 0.15) is 10.4 Å². The van der Waals surface area contributed by atoms with Gasteiger partial charge in [-0.05, 0) is 24.3 Å². The van der Waals surface area contributed by atoms with Crippen molar-refractivity contribution in [3.8, 4) is 5.75 Å². The first-order chi connectivity index (χ1) is 7.63. The molecule has 0 saturated heterocycles. The zero-order chi connectivity index (χ0) is 12.0. The van der Waals surface area contributed by atoms with Crippen LogP contribution in [0.4, 0.5) is 0 Å². The summed E-state index contributed by atoms with van der Waals surface area (Å²) < 4.78 is 5.13. The molecule has 0 fully saturated rings. The molecule has 0 unspecified atom stereocenters. The number of rotatable bonds is 4. The van der Waals surface area contributed by atoms with Crippen molar-refractivity contribution in [3.05, 3.63) is 29.8 Å². The summed E-state index contributed by atoms with van der Waals surface area (Å²) in [6.07, 6.45) is 0. The Morgan fingerprint density at radius 3 is 2.56 bits per heavy atom. The molecule has 0 saturated carbocycles. The lowest BCUT2D eigenvalue weighted by atomic mass is 10.2. The topological polar surface area (TPSA) is 121 Å². The SMILES string of the molecule is N=C(COc1ccc(C(=O)O)cc1)N=NN. The molecule has 0 atom stereocenters. The number of hydrogen-bond donors (Lipinski definition) is 3. The quantitative estimate of drug-likeness (QED) is 0.232. The van der Waals surface area contributed by atoms with Crippen LogP contribution in [-0.2, 0) is 0 Å². The second-order valence-corrected chi connectivity index (χ2v) is 2.78. The molecule has 0 bridgehead atoms. The fourth-order valence-corrected chi connectivity index (χ4v) is 0.944. The lowest BCUT2D eigenvalue weighted by Crippen LogP contribution is -2.07. The van der Waals surface area contributed by atoms with E-state index in [0.29, 0.717) is 5.75 Å². The molecule has 16 heavy (non-hydrogen) atoms. The standard InChI is InChI=1S/C9H10N4O3/c10-8(12-13-11)5-16-7-3-1-6(2-4-7)9(14)15/h1-4H,5H2,(H,14,15)(H3,10,11,12). The molecule has 0 heterocycles. The van der Waals surface area contributed by atoms with Crippen molar-refractivity contribution in [2.75, 3.05) is 6.61 Å². The van der Waals surface area contributed by atoms with E-state index < -0.39 is 5.97 Å². The number of ether oxygens (including phenoxy) is 1. The van der Waals surface area contributed by atoms with Crippen molar-refractivity contribution in [2.24, 2.45) is 16.2 Å². The van der Waals surface area contributed by atoms with Crippen LogP contribution in [0.15, 0.2) is 34.6 Å². The summed E-state index contributed by atoms with van der Waals surface area (Å²) >= 11 is 0. The average Bonchev–Trinajstić information content (AvgIpc) is 2.27. The number of carbonyl (C=O) groups is 1. The van der Waals surface area contributed by atoms with Gasteiger partial charge in [0.05, 0.1) is 5.56 Å². The zero-order valence-corrected chi connectivity index (χ0v) is 8.25. The van der Waals surface area contributed by atoms with Crippen LogP contribution in [0.25, 0.3) is 0 Å². The summed E-state index contributed by atoms with van der Waals surface area (Å²) in [5, 5.41) is 22.0. The Labute approximate surface area is 91.0 Å². The van der Waals surface area contributed by atoms with Crippen LogP contribution < -0.4 is 10.6 Å². The van der Waals surface area contributed by atoms with E-state index >= 15 is 0 Å². The minimum atomic E-state index is -1.00. The molecule has 0 aromatic heterocycles. The van der Waals surface area contributed by atoms with Gasteiger partial charge in [-0.3, -0.25) is 5.41 Å². The zero-order valence-electron chi connectivity index (χ0n) is 8.25. The van der Waals surface area contributed by atoms with E-state index in [1.807, 2.05) is 0 Å². The summed E-state index contributed by atoms with van der Waals surface area (Å²) in [5.74, 6) is 4.07. The van der Waals surface area contributed by atoms with E-state index in [1.165, 1.54) is 24.3 Å². The van der Waals surface area contributed by atoms with Crippen molar-refractivity contribution in [1.82, 2.24) is 0 Å². The summed E-state index contributed by atoms with van der Waals surface area (Å²) in [5.41, 5.74) is 0.170. The van der Waals surface area contributed by atoms with Gasteiger partial charge >= 0.3 is 5.97 Å². The maximum atomic E-state index is 10.5. The number of hydrogen-bond acceptors (Lipinski definition) is 4. The summed E-state index contributed by atoms with van der Waals surface area (Å²) in [4.78, 5) is 10.5. The predicted molar refractivity (Wildman–Crippen MR) is 55.7 cm³/mol. The Hall–Kier alpha value is -2.44. The molecule has 7 heteroatoms. The largest absolute Gasteiger partial charge is 0.486 e. The number of benzene rings is 1. The van der Waals surface area contributed by atoms with E-state index in [9.17, 15) is 4.79 Å². The van der Waals surface area contributed by atoms with Crippen molar-refractivity contribution < 1.29 is 14.6 Å². The highest BCUT2D eigenvalue weighted by Gasteiger charge is 2.02. The van der Waals surface area contributed by atoms with Crippen molar-refractivity contribution >= 4 is 11.8 Å². The van der Waals surface area contributed by atoms with Gasteiger partial charge < -0.3 is 15.7 Å². The number of carboxylic acids is 1. The first kappa shape index (κ1) is 11.6. The van der Waals surface area contributed by atoms with Crippen LogP contribution in [0.2, 0.25) is 0 Å². The Kier molecular flexibility index (Phi) is 3.96. The molecule has 0 spiro atoms. The number of nitrogens with zero attached hydrogens (tertiary/aromatic N) is 2. The van der Waals surface area contributed by atoms with Gasteiger partial charge in [0, 0.05) is 0 Å². The monoisotopic (exact) mass is 222 g/mol. The summed E-state index contributed by atoms with van der Waals surface area (Å²) in [6, 6.07) is 5.81. The lowest BCUT2D eigenvalue weighted by Gasteiger charge is -2.03.